The van der Waals surface area contributed by atoms with Gasteiger partial charge in [0.25, 0.3) is 0 Å². The van der Waals surface area contributed by atoms with E-state index in [0.29, 0.717) is 11.3 Å². The fraction of sp³-hybridized carbons (Fsp3) is 0.444. The van der Waals surface area contributed by atoms with Crippen LogP contribution in [0.3, 0.4) is 0 Å². The summed E-state index contributed by atoms with van der Waals surface area (Å²) in [5.41, 5.74) is -0.790. The standard InChI is InChI=1S/C27H30O14/c1-37-11-4-2-10(3-5-11)15-6-12(29)18-16(39-15)7-13(30)19(22(18)34)25-24(36)26(21(33)17(8-28)40-25)41-27-23(35)20(32)14(31)9-38-27/h2-7,14,17,20-21,23-28,30-36H,8-9H2,1H3. The Kier molecular flexibility index (Phi) is 8.20. The van der Waals surface area contributed by atoms with Gasteiger partial charge in [-0.1, -0.05) is 0 Å². The Morgan fingerprint density at radius 3 is 2.32 bits per heavy atom. The summed E-state index contributed by atoms with van der Waals surface area (Å²) in [5, 5.41) is 83.3. The van der Waals surface area contributed by atoms with E-state index in [9.17, 15) is 45.6 Å². The van der Waals surface area contributed by atoms with Gasteiger partial charge in [-0.2, -0.15) is 0 Å². The first-order valence-corrected chi connectivity index (χ1v) is 12.7. The molecule has 0 amide bonds. The van der Waals surface area contributed by atoms with Crippen LogP contribution in [0.4, 0.5) is 0 Å². The molecule has 0 radical (unpaired) electrons. The third-order valence-electron chi connectivity index (χ3n) is 7.28. The maximum atomic E-state index is 13.1. The predicted octanol–water partition coefficient (Wildman–Crippen LogP) is -1.14. The molecule has 2 saturated heterocycles. The topological polar surface area (TPSA) is 229 Å². The minimum absolute atomic E-state index is 0.140. The molecule has 1 aromatic heterocycles. The van der Waals surface area contributed by atoms with Crippen LogP contribution in [0.2, 0.25) is 0 Å². The molecule has 0 spiro atoms. The average molecular weight is 579 g/mol. The van der Waals surface area contributed by atoms with Crippen LogP contribution in [-0.4, -0.2) is 110 Å². The molecule has 14 heteroatoms. The summed E-state index contributed by atoms with van der Waals surface area (Å²) in [4.78, 5) is 13.1. The van der Waals surface area contributed by atoms with Crippen molar-refractivity contribution in [3.63, 3.8) is 0 Å². The highest BCUT2D eigenvalue weighted by Gasteiger charge is 2.50. The van der Waals surface area contributed by atoms with Gasteiger partial charge in [0.05, 0.1) is 25.9 Å². The summed E-state index contributed by atoms with van der Waals surface area (Å²) in [6.07, 6.45) is -14.7. The zero-order valence-electron chi connectivity index (χ0n) is 21.6. The SMILES string of the molecule is COc1ccc(-c2cc(=O)c3c(O)c(C4OC(CO)C(O)C(OC5OCC(O)C(O)C5O)C4O)c(O)cc3o2)cc1. The normalized spacial score (nSPS) is 32.2. The van der Waals surface area contributed by atoms with E-state index < -0.39 is 90.8 Å². The van der Waals surface area contributed by atoms with Crippen LogP contribution in [0, 0.1) is 0 Å². The number of phenols is 2. The highest BCUT2D eigenvalue weighted by atomic mass is 16.7. The Hall–Kier alpha value is -3.31. The average Bonchev–Trinajstić information content (AvgIpc) is 2.95. The van der Waals surface area contributed by atoms with Crippen molar-refractivity contribution in [1.29, 1.82) is 0 Å². The van der Waals surface area contributed by atoms with Gasteiger partial charge in [0.1, 0.15) is 82.8 Å². The second-order valence-corrected chi connectivity index (χ2v) is 9.84. The number of aliphatic hydroxyl groups excluding tert-OH is 6. The zero-order valence-corrected chi connectivity index (χ0v) is 21.6. The summed E-state index contributed by atoms with van der Waals surface area (Å²) in [5.74, 6) is -0.706. The Bertz CT molecular complexity index is 1440. The highest BCUT2D eigenvalue weighted by molar-refractivity contribution is 5.88. The van der Waals surface area contributed by atoms with Crippen LogP contribution >= 0.6 is 0 Å². The lowest BCUT2D eigenvalue weighted by molar-refractivity contribution is -0.325. The molecule has 3 aromatic rings. The van der Waals surface area contributed by atoms with Crippen molar-refractivity contribution >= 4 is 11.0 Å². The molecule has 9 unspecified atom stereocenters. The first-order chi connectivity index (χ1) is 19.5. The van der Waals surface area contributed by atoms with Gasteiger partial charge >= 0.3 is 0 Å². The monoisotopic (exact) mass is 578 g/mol. The fourth-order valence-corrected chi connectivity index (χ4v) is 5.02. The lowest BCUT2D eigenvalue weighted by atomic mass is 9.89. The van der Waals surface area contributed by atoms with Crippen LogP contribution in [0.1, 0.15) is 11.7 Å². The number of phenolic OH excluding ortho intramolecular Hbond substituents is 2. The molecule has 2 fully saturated rings. The summed E-state index contributed by atoms with van der Waals surface area (Å²) in [6.45, 7) is -1.21. The lowest BCUT2D eigenvalue weighted by Gasteiger charge is -2.45. The van der Waals surface area contributed by atoms with Gasteiger partial charge in [0.2, 0.25) is 0 Å². The summed E-state index contributed by atoms with van der Waals surface area (Å²) >= 11 is 0. The number of aromatic hydroxyl groups is 2. The van der Waals surface area contributed by atoms with Crippen molar-refractivity contribution in [3.05, 3.63) is 52.2 Å². The van der Waals surface area contributed by atoms with Crippen molar-refractivity contribution in [2.45, 2.75) is 55.1 Å². The fourth-order valence-electron chi connectivity index (χ4n) is 5.02. The van der Waals surface area contributed by atoms with E-state index in [1.165, 1.54) is 7.11 Å². The molecule has 222 valence electrons. The molecular weight excluding hydrogens is 548 g/mol. The molecule has 2 aliphatic rings. The van der Waals surface area contributed by atoms with Gasteiger partial charge in [0.15, 0.2) is 11.7 Å². The molecule has 2 aromatic carbocycles. The van der Waals surface area contributed by atoms with E-state index in [-0.39, 0.29) is 16.7 Å². The molecule has 0 aliphatic carbocycles. The second-order valence-electron chi connectivity index (χ2n) is 9.84. The van der Waals surface area contributed by atoms with Gasteiger partial charge in [-0.05, 0) is 24.3 Å². The Morgan fingerprint density at radius 2 is 1.66 bits per heavy atom. The first-order valence-electron chi connectivity index (χ1n) is 12.7. The number of ether oxygens (including phenoxy) is 4. The molecule has 41 heavy (non-hydrogen) atoms. The smallest absolute Gasteiger partial charge is 0.197 e. The zero-order chi connectivity index (χ0) is 29.6. The van der Waals surface area contributed by atoms with Gasteiger partial charge in [0, 0.05) is 17.7 Å². The van der Waals surface area contributed by atoms with Gasteiger partial charge < -0.3 is 64.2 Å². The summed E-state index contributed by atoms with van der Waals surface area (Å²) < 4.78 is 27.3. The molecule has 2 aliphatic heterocycles. The van der Waals surface area contributed by atoms with E-state index in [4.69, 9.17) is 23.4 Å². The van der Waals surface area contributed by atoms with Crippen LogP contribution < -0.4 is 10.2 Å². The van der Waals surface area contributed by atoms with E-state index >= 15 is 0 Å². The molecule has 8 N–H and O–H groups in total. The summed E-state index contributed by atoms with van der Waals surface area (Å²) in [7, 11) is 1.50. The van der Waals surface area contributed by atoms with Crippen molar-refractivity contribution in [2.75, 3.05) is 20.3 Å². The minimum atomic E-state index is -1.87. The number of benzene rings is 2. The van der Waals surface area contributed by atoms with E-state index in [1.807, 2.05) is 0 Å². The Balaban J connectivity index is 1.51. The molecule has 0 saturated carbocycles. The van der Waals surface area contributed by atoms with E-state index in [0.717, 1.165) is 12.1 Å². The van der Waals surface area contributed by atoms with Crippen LogP contribution in [0.25, 0.3) is 22.3 Å². The van der Waals surface area contributed by atoms with Crippen LogP contribution in [0.5, 0.6) is 17.2 Å². The quantitative estimate of drug-likeness (QED) is 0.173. The molecule has 3 heterocycles. The number of hydrogen-bond acceptors (Lipinski definition) is 14. The van der Waals surface area contributed by atoms with Gasteiger partial charge in [-0.3, -0.25) is 4.79 Å². The number of hydrogen-bond donors (Lipinski definition) is 8. The van der Waals surface area contributed by atoms with Crippen LogP contribution in [-0.2, 0) is 14.2 Å². The van der Waals surface area contributed by atoms with E-state index in [1.54, 1.807) is 24.3 Å². The number of methoxy groups -OCH3 is 1. The van der Waals surface area contributed by atoms with Crippen molar-refractivity contribution < 1.29 is 64.2 Å². The predicted molar refractivity (Wildman–Crippen MR) is 137 cm³/mol. The Morgan fingerprint density at radius 1 is 0.951 bits per heavy atom. The highest BCUT2D eigenvalue weighted by Crippen LogP contribution is 2.45. The third-order valence-corrected chi connectivity index (χ3v) is 7.28. The van der Waals surface area contributed by atoms with Crippen molar-refractivity contribution in [2.24, 2.45) is 0 Å². The Labute approximate surface area is 231 Å². The number of fused-ring (bicyclic) bond motifs is 1. The number of rotatable bonds is 6. The lowest BCUT2D eigenvalue weighted by Crippen LogP contribution is -2.61. The van der Waals surface area contributed by atoms with Crippen molar-refractivity contribution in [1.82, 2.24) is 0 Å². The molecule has 14 nitrogen and oxygen atoms in total. The second kappa shape index (κ2) is 11.5. The number of aliphatic hydroxyl groups is 6. The van der Waals surface area contributed by atoms with Crippen LogP contribution in [0.15, 0.2) is 45.6 Å². The van der Waals surface area contributed by atoms with Gasteiger partial charge in [-0.15, -0.1) is 0 Å². The molecule has 9 atom stereocenters. The molecular formula is C27H30O14. The molecule has 5 rings (SSSR count). The van der Waals surface area contributed by atoms with E-state index in [2.05, 4.69) is 0 Å². The minimum Gasteiger partial charge on any atom is -0.507 e. The summed E-state index contributed by atoms with van der Waals surface area (Å²) in [6, 6.07) is 8.80. The maximum Gasteiger partial charge on any atom is 0.197 e. The van der Waals surface area contributed by atoms with Crippen molar-refractivity contribution in [3.8, 4) is 28.6 Å². The van der Waals surface area contributed by atoms with Gasteiger partial charge in [-0.25, -0.2) is 0 Å². The maximum absolute atomic E-state index is 13.1. The molecule has 0 bridgehead atoms. The first kappa shape index (κ1) is 29.2. The largest absolute Gasteiger partial charge is 0.507 e. The third kappa shape index (κ3) is 5.25.